The first kappa shape index (κ1) is 5.54. The van der Waals surface area contributed by atoms with E-state index in [1.807, 2.05) is 11.4 Å². The molecule has 1 aromatic heterocycles. The fourth-order valence-electron chi connectivity index (χ4n) is 0.315. The monoisotopic (exact) mass is 148 g/mol. The van der Waals surface area contributed by atoms with Gasteiger partial charge in [0.1, 0.15) is 0 Å². The Kier molecular flexibility index (Phi) is 1.67. The minimum atomic E-state index is 0.995. The Hall–Kier alpha value is 0.400. The van der Waals surface area contributed by atoms with Crippen LogP contribution < -0.4 is 0 Å². The lowest BCUT2D eigenvalue weighted by atomic mass is 10.7. The molecule has 0 aliphatic heterocycles. The van der Waals surface area contributed by atoms with Crippen LogP contribution >= 0.6 is 36.6 Å². The molecule has 0 nitrogen and oxygen atoms in total. The van der Waals surface area contributed by atoms with Crippen LogP contribution in [0.15, 0.2) is 20.6 Å². The van der Waals surface area contributed by atoms with E-state index in [4.69, 9.17) is 0 Å². The van der Waals surface area contributed by atoms with Gasteiger partial charge in [0.15, 0.2) is 0 Å². The number of thiol groups is 2. The summed E-state index contributed by atoms with van der Waals surface area (Å²) in [4.78, 5) is 0.995. The Morgan fingerprint density at radius 2 is 2.14 bits per heavy atom. The highest BCUT2D eigenvalue weighted by atomic mass is 32.2. The van der Waals surface area contributed by atoms with Gasteiger partial charge in [-0.25, -0.2) is 0 Å². The second-order valence-electron chi connectivity index (χ2n) is 1.14. The first-order valence-corrected chi connectivity index (χ1v) is 3.53. The smallest absolute Gasteiger partial charge is 0.0579 e. The number of thiophene rings is 1. The topological polar surface area (TPSA) is 0 Å². The lowest BCUT2D eigenvalue weighted by Gasteiger charge is -1.68. The van der Waals surface area contributed by atoms with Gasteiger partial charge in [0, 0.05) is 10.3 Å². The molecule has 0 aliphatic rings. The molecular weight excluding hydrogens is 144 g/mol. The molecule has 1 rings (SSSR count). The molecule has 0 N–H and O–H groups in total. The standard InChI is InChI=1S/C4H4S3/c5-3-1-4(6)7-2-3/h1-2,5-6H. The highest BCUT2D eigenvalue weighted by molar-refractivity contribution is 7.83. The van der Waals surface area contributed by atoms with Crippen LogP contribution in [0.2, 0.25) is 0 Å². The fourth-order valence-corrected chi connectivity index (χ4v) is 1.59. The Balaban J connectivity index is 3.04. The van der Waals surface area contributed by atoms with E-state index in [2.05, 4.69) is 25.3 Å². The Labute approximate surface area is 57.4 Å². The molecule has 1 heterocycles. The van der Waals surface area contributed by atoms with Gasteiger partial charge < -0.3 is 0 Å². The Bertz CT molecular complexity index is 139. The highest BCUT2D eigenvalue weighted by Gasteiger charge is 1.86. The van der Waals surface area contributed by atoms with Gasteiger partial charge in [-0.1, -0.05) is 0 Å². The molecule has 0 aromatic carbocycles. The molecule has 3 heteroatoms. The van der Waals surface area contributed by atoms with Gasteiger partial charge >= 0.3 is 0 Å². The molecule has 0 amide bonds. The molecule has 0 unspecified atom stereocenters. The van der Waals surface area contributed by atoms with Crippen LogP contribution in [-0.4, -0.2) is 0 Å². The van der Waals surface area contributed by atoms with Crippen LogP contribution in [0.1, 0.15) is 0 Å². The van der Waals surface area contributed by atoms with Crippen LogP contribution in [0, 0.1) is 0 Å². The predicted octanol–water partition coefficient (Wildman–Crippen LogP) is 2.33. The van der Waals surface area contributed by atoms with E-state index in [0.29, 0.717) is 0 Å². The zero-order valence-corrected chi connectivity index (χ0v) is 6.06. The molecule has 0 bridgehead atoms. The summed E-state index contributed by atoms with van der Waals surface area (Å²) in [5, 5.41) is 1.95. The van der Waals surface area contributed by atoms with Gasteiger partial charge in [-0.15, -0.1) is 36.6 Å². The third-order valence-corrected chi connectivity index (χ3v) is 2.18. The fraction of sp³-hybridized carbons (Fsp3) is 0. The van der Waals surface area contributed by atoms with Crippen molar-refractivity contribution in [3.8, 4) is 0 Å². The van der Waals surface area contributed by atoms with Crippen molar-refractivity contribution in [2.24, 2.45) is 0 Å². The summed E-state index contributed by atoms with van der Waals surface area (Å²) in [5.41, 5.74) is 0. The lowest BCUT2D eigenvalue weighted by molar-refractivity contribution is 1.54. The average Bonchev–Trinajstić information content (AvgIpc) is 1.87. The van der Waals surface area contributed by atoms with Crippen LogP contribution in [0.3, 0.4) is 0 Å². The van der Waals surface area contributed by atoms with E-state index < -0.39 is 0 Å². The van der Waals surface area contributed by atoms with E-state index >= 15 is 0 Å². The summed E-state index contributed by atoms with van der Waals surface area (Å²) in [6, 6.07) is 1.91. The molecule has 0 atom stereocenters. The maximum Gasteiger partial charge on any atom is 0.0579 e. The predicted molar refractivity (Wildman–Crippen MR) is 38.8 cm³/mol. The van der Waals surface area contributed by atoms with Gasteiger partial charge in [-0.05, 0) is 6.07 Å². The maximum atomic E-state index is 4.07. The van der Waals surface area contributed by atoms with Crippen LogP contribution in [-0.2, 0) is 0 Å². The van der Waals surface area contributed by atoms with Crippen molar-refractivity contribution in [1.29, 1.82) is 0 Å². The average molecular weight is 148 g/mol. The normalized spacial score (nSPS) is 9.43. The van der Waals surface area contributed by atoms with E-state index in [1.54, 1.807) is 11.3 Å². The molecule has 0 aliphatic carbocycles. The third-order valence-electron chi connectivity index (χ3n) is 0.572. The summed E-state index contributed by atoms with van der Waals surface area (Å²) >= 11 is 9.73. The van der Waals surface area contributed by atoms with Gasteiger partial charge in [-0.3, -0.25) is 0 Å². The molecule has 38 valence electrons. The highest BCUT2D eigenvalue weighted by Crippen LogP contribution is 2.19. The summed E-state index contributed by atoms with van der Waals surface area (Å²) in [6.45, 7) is 0. The molecular formula is C4H4S3. The lowest BCUT2D eigenvalue weighted by Crippen LogP contribution is -1.41. The van der Waals surface area contributed by atoms with Gasteiger partial charge in [-0.2, -0.15) is 0 Å². The quantitative estimate of drug-likeness (QED) is 0.518. The Morgan fingerprint density at radius 1 is 1.43 bits per heavy atom. The number of hydrogen-bond donors (Lipinski definition) is 2. The van der Waals surface area contributed by atoms with Crippen molar-refractivity contribution in [2.45, 2.75) is 9.10 Å². The van der Waals surface area contributed by atoms with Crippen LogP contribution in [0.25, 0.3) is 0 Å². The first-order valence-electron chi connectivity index (χ1n) is 1.75. The summed E-state index contributed by atoms with van der Waals surface area (Å²) in [5.74, 6) is 0. The molecule has 0 saturated carbocycles. The minimum Gasteiger partial charge on any atom is -0.143 e. The van der Waals surface area contributed by atoms with Crippen molar-refractivity contribution < 1.29 is 0 Å². The van der Waals surface area contributed by atoms with Crippen molar-refractivity contribution in [1.82, 2.24) is 0 Å². The number of rotatable bonds is 0. The largest absolute Gasteiger partial charge is 0.143 e. The molecule has 0 fully saturated rings. The van der Waals surface area contributed by atoms with Crippen LogP contribution in [0.5, 0.6) is 0 Å². The zero-order chi connectivity index (χ0) is 5.28. The van der Waals surface area contributed by atoms with Gasteiger partial charge in [0.25, 0.3) is 0 Å². The zero-order valence-electron chi connectivity index (χ0n) is 3.46. The molecule has 1 aromatic rings. The third kappa shape index (κ3) is 1.40. The maximum absolute atomic E-state index is 4.07. The second kappa shape index (κ2) is 2.11. The number of hydrogen-bond acceptors (Lipinski definition) is 3. The van der Waals surface area contributed by atoms with Gasteiger partial charge in [0.2, 0.25) is 0 Å². The minimum absolute atomic E-state index is 0.995. The summed E-state index contributed by atoms with van der Waals surface area (Å²) in [6.07, 6.45) is 0. The Morgan fingerprint density at radius 3 is 2.29 bits per heavy atom. The van der Waals surface area contributed by atoms with E-state index in [9.17, 15) is 0 Å². The van der Waals surface area contributed by atoms with Crippen molar-refractivity contribution >= 4 is 36.6 Å². The molecule has 0 spiro atoms. The van der Waals surface area contributed by atoms with E-state index in [1.165, 1.54) is 0 Å². The van der Waals surface area contributed by atoms with Crippen molar-refractivity contribution in [3.63, 3.8) is 0 Å². The van der Waals surface area contributed by atoms with Crippen molar-refractivity contribution in [2.75, 3.05) is 0 Å². The summed E-state index contributed by atoms with van der Waals surface area (Å²) < 4.78 is 1.02. The SMILES string of the molecule is Sc1csc(S)c1. The van der Waals surface area contributed by atoms with E-state index in [-0.39, 0.29) is 0 Å². The van der Waals surface area contributed by atoms with E-state index in [0.717, 1.165) is 9.10 Å². The first-order chi connectivity index (χ1) is 3.29. The molecule has 0 saturated heterocycles. The van der Waals surface area contributed by atoms with Crippen molar-refractivity contribution in [3.05, 3.63) is 11.4 Å². The second-order valence-corrected chi connectivity index (χ2v) is 3.36. The molecule has 0 radical (unpaired) electrons. The summed E-state index contributed by atoms with van der Waals surface area (Å²) in [7, 11) is 0. The van der Waals surface area contributed by atoms with Gasteiger partial charge in [0.05, 0.1) is 4.21 Å². The molecule has 7 heavy (non-hydrogen) atoms. The van der Waals surface area contributed by atoms with Crippen LogP contribution in [0.4, 0.5) is 0 Å².